The predicted molar refractivity (Wildman–Crippen MR) is 55.1 cm³/mol. The van der Waals surface area contributed by atoms with Gasteiger partial charge in [0.15, 0.2) is 11.0 Å². The van der Waals surface area contributed by atoms with E-state index in [-0.39, 0.29) is 0 Å². The lowest BCUT2D eigenvalue weighted by Gasteiger charge is -2.04. The van der Waals surface area contributed by atoms with Gasteiger partial charge in [0.25, 0.3) is 0 Å². The highest BCUT2D eigenvalue weighted by atomic mass is 32.2. The van der Waals surface area contributed by atoms with E-state index in [9.17, 15) is 0 Å². The van der Waals surface area contributed by atoms with Crippen molar-refractivity contribution in [2.45, 2.75) is 25.1 Å². The minimum absolute atomic E-state index is 0.582. The van der Waals surface area contributed by atoms with Crippen molar-refractivity contribution in [3.8, 4) is 0 Å². The number of nitrogens with zero attached hydrogens (tertiary/aromatic N) is 3. The summed E-state index contributed by atoms with van der Waals surface area (Å²) in [4.78, 5) is 8.28. The fourth-order valence-corrected chi connectivity index (χ4v) is 2.09. The zero-order valence-corrected chi connectivity index (χ0v) is 8.75. The van der Waals surface area contributed by atoms with Crippen LogP contribution in [0.15, 0.2) is 15.9 Å². The van der Waals surface area contributed by atoms with Gasteiger partial charge in [-0.25, -0.2) is 0 Å². The van der Waals surface area contributed by atoms with E-state index in [0.29, 0.717) is 17.6 Å². The largest absolute Gasteiger partial charge is 0.357 e. The minimum atomic E-state index is 0.582. The van der Waals surface area contributed by atoms with E-state index in [1.54, 1.807) is 11.8 Å². The number of hydrogen-bond acceptors (Lipinski definition) is 6. The summed E-state index contributed by atoms with van der Waals surface area (Å²) in [6.07, 6.45) is 2.48. The number of aromatic nitrogens is 2. The molecule has 1 atom stereocenters. The Bertz CT molecular complexity index is 311. The molecule has 1 N–H and O–H groups in total. The van der Waals surface area contributed by atoms with Crippen LogP contribution in [0.2, 0.25) is 0 Å². The molecule has 76 valence electrons. The number of nitrogens with one attached hydrogen (secondary N) is 1. The molecule has 0 saturated carbocycles. The number of thioether (sulfide) groups is 1. The summed E-state index contributed by atoms with van der Waals surface area (Å²) in [7, 11) is 0. The van der Waals surface area contributed by atoms with Gasteiger partial charge >= 0.3 is 0 Å². The van der Waals surface area contributed by atoms with Crippen molar-refractivity contribution in [1.29, 1.82) is 0 Å². The van der Waals surface area contributed by atoms with Crippen LogP contribution in [0.4, 0.5) is 0 Å². The maximum atomic E-state index is 4.62. The lowest BCUT2D eigenvalue weighted by atomic mass is 10.3. The van der Waals surface area contributed by atoms with Gasteiger partial charge in [0, 0.05) is 5.25 Å². The molecule has 1 aromatic rings. The van der Waals surface area contributed by atoms with Crippen molar-refractivity contribution >= 4 is 16.9 Å². The first-order valence-corrected chi connectivity index (χ1v) is 5.46. The molecule has 1 unspecified atom stereocenters. The van der Waals surface area contributed by atoms with E-state index < -0.39 is 0 Å². The highest BCUT2D eigenvalue weighted by Gasteiger charge is 2.17. The first-order chi connectivity index (χ1) is 6.88. The van der Waals surface area contributed by atoms with Gasteiger partial charge in [-0.1, -0.05) is 23.8 Å². The van der Waals surface area contributed by atoms with Crippen LogP contribution in [0.3, 0.4) is 0 Å². The summed E-state index contributed by atoms with van der Waals surface area (Å²) in [6, 6.07) is 0. The van der Waals surface area contributed by atoms with Gasteiger partial charge in [-0.05, 0) is 6.42 Å². The van der Waals surface area contributed by atoms with Crippen LogP contribution < -0.4 is 5.32 Å². The molecular weight excluding hydrogens is 200 g/mol. The van der Waals surface area contributed by atoms with Crippen LogP contribution in [0.5, 0.6) is 0 Å². The summed E-state index contributed by atoms with van der Waals surface area (Å²) in [5.41, 5.74) is 0. The molecule has 1 aromatic heterocycles. The Balaban J connectivity index is 1.77. The topological polar surface area (TPSA) is 63.3 Å². The fraction of sp³-hybridized carbons (Fsp3) is 0.625. The third kappa shape index (κ3) is 2.25. The standard InChI is InChI=1S/C8H12N4OS/c1-2-6-3-9-8(14-6)10-4-7-11-5-13-12-7/h5-6H,2-4H2,1H3,(H,9,10). The molecule has 2 rings (SSSR count). The molecule has 0 aromatic carbocycles. The van der Waals surface area contributed by atoms with Gasteiger partial charge in [-0.2, -0.15) is 4.98 Å². The zero-order valence-electron chi connectivity index (χ0n) is 7.93. The van der Waals surface area contributed by atoms with Crippen molar-refractivity contribution < 1.29 is 4.52 Å². The van der Waals surface area contributed by atoms with Crippen LogP contribution in [-0.2, 0) is 6.54 Å². The van der Waals surface area contributed by atoms with Gasteiger partial charge in [-0.15, -0.1) is 0 Å². The number of amidine groups is 1. The highest BCUT2D eigenvalue weighted by molar-refractivity contribution is 8.14. The van der Waals surface area contributed by atoms with Crippen molar-refractivity contribution in [3.63, 3.8) is 0 Å². The first kappa shape index (κ1) is 9.51. The van der Waals surface area contributed by atoms with E-state index in [1.807, 2.05) is 0 Å². The van der Waals surface area contributed by atoms with Gasteiger partial charge in [0.2, 0.25) is 6.39 Å². The normalized spacial score (nSPS) is 20.9. The average molecular weight is 212 g/mol. The van der Waals surface area contributed by atoms with E-state index in [2.05, 4.69) is 31.9 Å². The molecule has 1 aliphatic rings. The Labute approximate surface area is 86.4 Å². The quantitative estimate of drug-likeness (QED) is 0.811. The van der Waals surface area contributed by atoms with Crippen LogP contribution in [0.1, 0.15) is 19.2 Å². The molecule has 0 radical (unpaired) electrons. The molecule has 6 heteroatoms. The summed E-state index contributed by atoms with van der Waals surface area (Å²) in [6.45, 7) is 3.67. The molecule has 1 aliphatic heterocycles. The van der Waals surface area contributed by atoms with Crippen LogP contribution in [0, 0.1) is 0 Å². The second-order valence-electron chi connectivity index (χ2n) is 2.99. The first-order valence-electron chi connectivity index (χ1n) is 4.58. The number of aliphatic imine (C=N–C) groups is 1. The molecule has 2 heterocycles. The van der Waals surface area contributed by atoms with Crippen LogP contribution >= 0.6 is 11.8 Å². The molecule has 14 heavy (non-hydrogen) atoms. The summed E-state index contributed by atoms with van der Waals surface area (Å²) >= 11 is 1.79. The lowest BCUT2D eigenvalue weighted by Crippen LogP contribution is -2.19. The summed E-state index contributed by atoms with van der Waals surface area (Å²) < 4.78 is 4.62. The van der Waals surface area contributed by atoms with Gasteiger partial charge in [0.05, 0.1) is 13.1 Å². The molecule has 0 saturated heterocycles. The number of hydrogen-bond donors (Lipinski definition) is 1. The third-order valence-corrected chi connectivity index (χ3v) is 3.29. The Morgan fingerprint density at radius 1 is 1.71 bits per heavy atom. The average Bonchev–Trinajstić information content (AvgIpc) is 2.86. The molecule has 0 fully saturated rings. The van der Waals surface area contributed by atoms with E-state index >= 15 is 0 Å². The third-order valence-electron chi connectivity index (χ3n) is 1.98. The van der Waals surface area contributed by atoms with Gasteiger partial charge in [-0.3, -0.25) is 4.99 Å². The van der Waals surface area contributed by atoms with Gasteiger partial charge < -0.3 is 9.84 Å². The Kier molecular flexibility index (Phi) is 3.03. The van der Waals surface area contributed by atoms with Crippen molar-refractivity contribution in [2.24, 2.45) is 4.99 Å². The molecule has 0 spiro atoms. The maximum Gasteiger partial charge on any atom is 0.213 e. The smallest absolute Gasteiger partial charge is 0.213 e. The minimum Gasteiger partial charge on any atom is -0.357 e. The Morgan fingerprint density at radius 2 is 2.64 bits per heavy atom. The van der Waals surface area contributed by atoms with Crippen molar-refractivity contribution in [2.75, 3.05) is 6.54 Å². The Hall–Kier alpha value is -1.04. The molecule has 0 amide bonds. The molecular formula is C8H12N4OS. The molecule has 0 bridgehead atoms. The Morgan fingerprint density at radius 3 is 3.29 bits per heavy atom. The molecule has 0 aliphatic carbocycles. The summed E-state index contributed by atoms with van der Waals surface area (Å²) in [5.74, 6) is 0.660. The van der Waals surface area contributed by atoms with E-state index in [0.717, 1.165) is 18.1 Å². The predicted octanol–water partition coefficient (Wildman–Crippen LogP) is 1.04. The number of rotatable bonds is 3. The monoisotopic (exact) mass is 212 g/mol. The van der Waals surface area contributed by atoms with E-state index in [4.69, 9.17) is 0 Å². The molecule has 5 nitrogen and oxygen atoms in total. The zero-order chi connectivity index (χ0) is 9.80. The van der Waals surface area contributed by atoms with E-state index in [1.165, 1.54) is 6.39 Å². The van der Waals surface area contributed by atoms with Gasteiger partial charge in [0.1, 0.15) is 0 Å². The highest BCUT2D eigenvalue weighted by Crippen LogP contribution is 2.21. The lowest BCUT2D eigenvalue weighted by molar-refractivity contribution is 0.409. The van der Waals surface area contributed by atoms with Crippen molar-refractivity contribution in [3.05, 3.63) is 12.2 Å². The summed E-state index contributed by atoms with van der Waals surface area (Å²) in [5, 5.41) is 8.49. The van der Waals surface area contributed by atoms with Crippen LogP contribution in [-0.4, -0.2) is 27.1 Å². The van der Waals surface area contributed by atoms with Crippen LogP contribution in [0.25, 0.3) is 0 Å². The van der Waals surface area contributed by atoms with Crippen molar-refractivity contribution in [1.82, 2.24) is 15.5 Å². The second kappa shape index (κ2) is 4.45. The second-order valence-corrected chi connectivity index (χ2v) is 4.28. The fourth-order valence-electron chi connectivity index (χ4n) is 1.15. The maximum absolute atomic E-state index is 4.62. The SMILES string of the molecule is CCC1CN=C(NCc2ncon2)S1.